The maximum atomic E-state index is 4.38. The molecule has 13 heavy (non-hydrogen) atoms. The second-order valence-corrected chi connectivity index (χ2v) is 4.33. The van der Waals surface area contributed by atoms with Gasteiger partial charge in [0.05, 0.1) is 6.20 Å². The average Bonchev–Trinajstić information content (AvgIpc) is 2.75. The molecule has 0 radical (unpaired) electrons. The summed E-state index contributed by atoms with van der Waals surface area (Å²) in [5.41, 5.74) is 1.45. The van der Waals surface area contributed by atoms with Crippen molar-refractivity contribution < 1.29 is 0 Å². The van der Waals surface area contributed by atoms with Crippen molar-refractivity contribution in [3.05, 3.63) is 18.0 Å². The predicted octanol–water partition coefficient (Wildman–Crippen LogP) is 3.12. The van der Waals surface area contributed by atoms with Crippen LogP contribution in [0.2, 0.25) is 0 Å². The fourth-order valence-electron chi connectivity index (χ4n) is 2.11. The minimum absolute atomic E-state index is 0.496. The van der Waals surface area contributed by atoms with Gasteiger partial charge in [0.2, 0.25) is 0 Å². The van der Waals surface area contributed by atoms with Gasteiger partial charge in [0, 0.05) is 12.2 Å². The van der Waals surface area contributed by atoms with E-state index in [1.165, 1.54) is 31.2 Å². The van der Waals surface area contributed by atoms with E-state index in [4.69, 9.17) is 0 Å². The first kappa shape index (κ1) is 8.79. The highest BCUT2D eigenvalue weighted by atomic mass is 15.3. The third kappa shape index (κ3) is 1.77. The van der Waals surface area contributed by atoms with Gasteiger partial charge in [-0.25, -0.2) is 0 Å². The molecule has 0 spiro atoms. The molecule has 1 saturated carbocycles. The van der Waals surface area contributed by atoms with Gasteiger partial charge in [0.15, 0.2) is 0 Å². The van der Waals surface area contributed by atoms with Crippen LogP contribution in [0.4, 0.5) is 0 Å². The average molecular weight is 178 g/mol. The van der Waals surface area contributed by atoms with Gasteiger partial charge in [-0.15, -0.1) is 0 Å². The Morgan fingerprint density at radius 2 is 2.08 bits per heavy atom. The van der Waals surface area contributed by atoms with Gasteiger partial charge in [-0.1, -0.05) is 12.8 Å². The Hall–Kier alpha value is -0.790. The van der Waals surface area contributed by atoms with Crippen LogP contribution in [-0.4, -0.2) is 9.78 Å². The SMILES string of the molecule is CC(C)n1cc(C2CCCC2)cn1. The van der Waals surface area contributed by atoms with E-state index in [0.29, 0.717) is 6.04 Å². The molecule has 0 unspecified atom stereocenters. The van der Waals surface area contributed by atoms with Gasteiger partial charge in [-0.2, -0.15) is 5.10 Å². The standard InChI is InChI=1S/C11H18N2/c1-9(2)13-8-11(7-12-13)10-5-3-4-6-10/h7-10H,3-6H2,1-2H3. The summed E-state index contributed by atoms with van der Waals surface area (Å²) in [6.07, 6.45) is 9.80. The Morgan fingerprint density at radius 3 is 2.62 bits per heavy atom. The minimum atomic E-state index is 0.496. The van der Waals surface area contributed by atoms with Crippen molar-refractivity contribution in [2.75, 3.05) is 0 Å². The highest BCUT2D eigenvalue weighted by Gasteiger charge is 2.18. The maximum absolute atomic E-state index is 4.38. The molecule has 2 nitrogen and oxygen atoms in total. The van der Waals surface area contributed by atoms with Crippen LogP contribution in [0.15, 0.2) is 12.4 Å². The van der Waals surface area contributed by atoms with E-state index in [9.17, 15) is 0 Å². The third-order valence-electron chi connectivity index (χ3n) is 2.98. The van der Waals surface area contributed by atoms with E-state index in [1.807, 2.05) is 0 Å². The molecule has 2 rings (SSSR count). The molecule has 0 bridgehead atoms. The highest BCUT2D eigenvalue weighted by molar-refractivity contribution is 5.12. The summed E-state index contributed by atoms with van der Waals surface area (Å²) in [6, 6.07) is 0.496. The molecule has 1 fully saturated rings. The quantitative estimate of drug-likeness (QED) is 0.680. The Kier molecular flexibility index (Phi) is 2.38. The first-order valence-corrected chi connectivity index (χ1v) is 5.31. The molecular weight excluding hydrogens is 160 g/mol. The predicted molar refractivity (Wildman–Crippen MR) is 53.8 cm³/mol. The van der Waals surface area contributed by atoms with Crippen molar-refractivity contribution in [1.82, 2.24) is 9.78 Å². The van der Waals surface area contributed by atoms with E-state index in [1.54, 1.807) is 0 Å². The van der Waals surface area contributed by atoms with Crippen molar-refractivity contribution >= 4 is 0 Å². The maximum Gasteiger partial charge on any atom is 0.0524 e. The Morgan fingerprint density at radius 1 is 1.38 bits per heavy atom. The number of rotatable bonds is 2. The molecule has 72 valence electrons. The van der Waals surface area contributed by atoms with Gasteiger partial charge < -0.3 is 0 Å². The van der Waals surface area contributed by atoms with Gasteiger partial charge in [0.1, 0.15) is 0 Å². The van der Waals surface area contributed by atoms with Crippen molar-refractivity contribution in [2.24, 2.45) is 0 Å². The molecule has 1 aromatic heterocycles. The molecule has 0 atom stereocenters. The summed E-state index contributed by atoms with van der Waals surface area (Å²) in [4.78, 5) is 0. The zero-order valence-electron chi connectivity index (χ0n) is 8.53. The number of aromatic nitrogens is 2. The van der Waals surface area contributed by atoms with Crippen molar-refractivity contribution in [3.63, 3.8) is 0 Å². The number of hydrogen-bond acceptors (Lipinski definition) is 1. The summed E-state index contributed by atoms with van der Waals surface area (Å²) >= 11 is 0. The van der Waals surface area contributed by atoms with Crippen LogP contribution in [0, 0.1) is 0 Å². The van der Waals surface area contributed by atoms with Crippen LogP contribution in [0.3, 0.4) is 0 Å². The lowest BCUT2D eigenvalue weighted by Gasteiger charge is -2.06. The number of hydrogen-bond donors (Lipinski definition) is 0. The Bertz CT molecular complexity index is 269. The van der Waals surface area contributed by atoms with E-state index in [0.717, 1.165) is 5.92 Å². The highest BCUT2D eigenvalue weighted by Crippen LogP contribution is 2.33. The molecule has 2 heteroatoms. The van der Waals surface area contributed by atoms with Crippen LogP contribution in [0.5, 0.6) is 0 Å². The van der Waals surface area contributed by atoms with Crippen LogP contribution in [0.1, 0.15) is 57.1 Å². The topological polar surface area (TPSA) is 17.8 Å². The summed E-state index contributed by atoms with van der Waals surface area (Å²) < 4.78 is 2.06. The lowest BCUT2D eigenvalue weighted by Crippen LogP contribution is -2.00. The molecule has 0 saturated heterocycles. The summed E-state index contributed by atoms with van der Waals surface area (Å²) in [5.74, 6) is 0.799. The van der Waals surface area contributed by atoms with Gasteiger partial charge in [-0.3, -0.25) is 4.68 Å². The third-order valence-corrected chi connectivity index (χ3v) is 2.98. The molecule has 1 aromatic rings. The smallest absolute Gasteiger partial charge is 0.0524 e. The van der Waals surface area contributed by atoms with Gasteiger partial charge in [0.25, 0.3) is 0 Å². The molecule has 1 heterocycles. The molecule has 0 aliphatic heterocycles. The van der Waals surface area contributed by atoms with Crippen molar-refractivity contribution in [3.8, 4) is 0 Å². The molecule has 1 aliphatic carbocycles. The lowest BCUT2D eigenvalue weighted by molar-refractivity contribution is 0.531. The zero-order chi connectivity index (χ0) is 9.26. The summed E-state index contributed by atoms with van der Waals surface area (Å²) in [6.45, 7) is 4.34. The second kappa shape index (κ2) is 3.52. The van der Waals surface area contributed by atoms with Crippen LogP contribution in [-0.2, 0) is 0 Å². The first-order chi connectivity index (χ1) is 6.27. The Labute approximate surface area is 80.0 Å². The molecule has 1 aliphatic rings. The molecule has 0 amide bonds. The summed E-state index contributed by atoms with van der Waals surface area (Å²) in [7, 11) is 0. The first-order valence-electron chi connectivity index (χ1n) is 5.31. The van der Waals surface area contributed by atoms with Gasteiger partial charge >= 0.3 is 0 Å². The molecule has 0 aromatic carbocycles. The number of nitrogens with zero attached hydrogens (tertiary/aromatic N) is 2. The van der Waals surface area contributed by atoms with Crippen molar-refractivity contribution in [2.45, 2.75) is 51.5 Å². The normalized spacial score (nSPS) is 18.7. The Balaban J connectivity index is 2.12. The van der Waals surface area contributed by atoms with E-state index in [-0.39, 0.29) is 0 Å². The lowest BCUT2D eigenvalue weighted by atomic mass is 10.0. The van der Waals surface area contributed by atoms with Crippen molar-refractivity contribution in [1.29, 1.82) is 0 Å². The van der Waals surface area contributed by atoms with E-state index in [2.05, 4.69) is 36.0 Å². The zero-order valence-corrected chi connectivity index (χ0v) is 8.53. The van der Waals surface area contributed by atoms with Crippen LogP contribution >= 0.6 is 0 Å². The van der Waals surface area contributed by atoms with Gasteiger partial charge in [-0.05, 0) is 38.2 Å². The fourth-order valence-corrected chi connectivity index (χ4v) is 2.11. The fraction of sp³-hybridized carbons (Fsp3) is 0.727. The monoisotopic (exact) mass is 178 g/mol. The summed E-state index contributed by atoms with van der Waals surface area (Å²) in [5, 5.41) is 4.38. The van der Waals surface area contributed by atoms with Crippen LogP contribution in [0.25, 0.3) is 0 Å². The van der Waals surface area contributed by atoms with Crippen LogP contribution < -0.4 is 0 Å². The second-order valence-electron chi connectivity index (χ2n) is 4.33. The van der Waals surface area contributed by atoms with E-state index >= 15 is 0 Å². The molecule has 0 N–H and O–H groups in total. The molecular formula is C11H18N2. The van der Waals surface area contributed by atoms with E-state index < -0.39 is 0 Å². The minimum Gasteiger partial charge on any atom is -0.270 e. The largest absolute Gasteiger partial charge is 0.270 e.